The number of nitrogens with one attached hydrogen (secondary N) is 1. The topological polar surface area (TPSA) is 81.7 Å². The predicted octanol–water partition coefficient (Wildman–Crippen LogP) is 2.15. The van der Waals surface area contributed by atoms with Crippen LogP contribution in [0.4, 0.5) is 0 Å². The molecule has 1 N–H and O–H groups in total. The summed E-state index contributed by atoms with van der Waals surface area (Å²) in [5, 5.41) is 2.35. The molecule has 0 aromatic heterocycles. The molecule has 8 heteroatoms. The van der Waals surface area contributed by atoms with Crippen LogP contribution < -0.4 is 5.32 Å². The van der Waals surface area contributed by atoms with Gasteiger partial charge < -0.3 is 14.8 Å². The first-order valence-electron chi connectivity index (χ1n) is 6.98. The van der Waals surface area contributed by atoms with Gasteiger partial charge in [0.05, 0.1) is 19.0 Å². The number of esters is 2. The van der Waals surface area contributed by atoms with Crippen LogP contribution in [-0.2, 0) is 23.9 Å². The van der Waals surface area contributed by atoms with E-state index in [0.717, 1.165) is 9.37 Å². The highest BCUT2D eigenvalue weighted by Crippen LogP contribution is 2.20. The standard InChI is InChI=1S/C15H18BrNO5S/c1-3-21-14(19)13(15(20)22-4-2)17-12(18)9-23-11-7-5-10(16)6-8-11/h5-8,13H,3-4,9H2,1-2H3,(H,17,18). The van der Waals surface area contributed by atoms with Crippen molar-refractivity contribution < 1.29 is 23.9 Å². The molecule has 6 nitrogen and oxygen atoms in total. The van der Waals surface area contributed by atoms with Gasteiger partial charge in [0.2, 0.25) is 11.9 Å². The number of benzene rings is 1. The van der Waals surface area contributed by atoms with E-state index in [1.54, 1.807) is 13.8 Å². The number of carbonyl (C=O) groups is 3. The van der Waals surface area contributed by atoms with Gasteiger partial charge in [-0.15, -0.1) is 11.8 Å². The number of carbonyl (C=O) groups excluding carboxylic acids is 3. The average Bonchev–Trinajstić information content (AvgIpc) is 2.52. The molecule has 0 saturated heterocycles. The molecule has 0 saturated carbocycles. The van der Waals surface area contributed by atoms with Crippen molar-refractivity contribution in [2.45, 2.75) is 24.8 Å². The van der Waals surface area contributed by atoms with E-state index in [1.165, 1.54) is 11.8 Å². The molecule has 126 valence electrons. The number of ether oxygens (including phenoxy) is 2. The van der Waals surface area contributed by atoms with Crippen molar-refractivity contribution in [3.05, 3.63) is 28.7 Å². The number of rotatable bonds is 8. The highest BCUT2D eigenvalue weighted by atomic mass is 79.9. The Morgan fingerprint density at radius 1 is 1.09 bits per heavy atom. The summed E-state index contributed by atoms with van der Waals surface area (Å²) in [6.45, 7) is 3.45. The van der Waals surface area contributed by atoms with Crippen LogP contribution in [-0.4, -0.2) is 42.9 Å². The van der Waals surface area contributed by atoms with Gasteiger partial charge in [0.15, 0.2) is 0 Å². The first kappa shape index (κ1) is 19.5. The van der Waals surface area contributed by atoms with Gasteiger partial charge in [-0.05, 0) is 38.1 Å². The van der Waals surface area contributed by atoms with Gasteiger partial charge in [0, 0.05) is 9.37 Å². The second-order valence-corrected chi connectivity index (χ2v) is 6.21. The summed E-state index contributed by atoms with van der Waals surface area (Å²) in [5.74, 6) is -2.04. The molecule has 1 aromatic rings. The molecule has 23 heavy (non-hydrogen) atoms. The molecular formula is C15H18BrNO5S. The Morgan fingerprint density at radius 2 is 1.61 bits per heavy atom. The molecule has 1 aromatic carbocycles. The first-order chi connectivity index (χ1) is 11.0. The zero-order valence-electron chi connectivity index (χ0n) is 12.8. The van der Waals surface area contributed by atoms with E-state index in [1.807, 2.05) is 24.3 Å². The number of thioether (sulfide) groups is 1. The van der Waals surface area contributed by atoms with Crippen molar-refractivity contribution in [3.8, 4) is 0 Å². The second-order valence-electron chi connectivity index (χ2n) is 4.25. The fourth-order valence-electron chi connectivity index (χ4n) is 1.55. The van der Waals surface area contributed by atoms with Gasteiger partial charge in [-0.3, -0.25) is 4.79 Å². The maximum Gasteiger partial charge on any atom is 0.340 e. The number of amides is 1. The lowest BCUT2D eigenvalue weighted by Crippen LogP contribution is -2.48. The minimum Gasteiger partial charge on any atom is -0.464 e. The second kappa shape index (κ2) is 10.3. The summed E-state index contributed by atoms with van der Waals surface area (Å²) in [4.78, 5) is 36.4. The Hall–Kier alpha value is -1.54. The number of hydrogen-bond donors (Lipinski definition) is 1. The summed E-state index contributed by atoms with van der Waals surface area (Å²) < 4.78 is 10.5. The highest BCUT2D eigenvalue weighted by Gasteiger charge is 2.31. The Bertz CT molecular complexity index is 531. The SMILES string of the molecule is CCOC(=O)C(NC(=O)CSc1ccc(Br)cc1)C(=O)OCC. The van der Waals surface area contributed by atoms with Gasteiger partial charge in [-0.2, -0.15) is 0 Å². The van der Waals surface area contributed by atoms with Gasteiger partial charge in [0.1, 0.15) is 0 Å². The van der Waals surface area contributed by atoms with Crippen LogP contribution >= 0.6 is 27.7 Å². The fourth-order valence-corrected chi connectivity index (χ4v) is 2.52. The van der Waals surface area contributed by atoms with E-state index < -0.39 is 23.9 Å². The van der Waals surface area contributed by atoms with Crippen molar-refractivity contribution in [2.24, 2.45) is 0 Å². The smallest absolute Gasteiger partial charge is 0.340 e. The first-order valence-corrected chi connectivity index (χ1v) is 8.76. The lowest BCUT2D eigenvalue weighted by Gasteiger charge is -2.15. The van der Waals surface area contributed by atoms with E-state index >= 15 is 0 Å². The van der Waals surface area contributed by atoms with Crippen LogP contribution in [0.2, 0.25) is 0 Å². The normalized spacial score (nSPS) is 10.3. The summed E-state index contributed by atoms with van der Waals surface area (Å²) >= 11 is 4.62. The number of halogens is 1. The average molecular weight is 404 g/mol. The molecule has 0 fully saturated rings. The Kier molecular flexibility index (Phi) is 8.71. The van der Waals surface area contributed by atoms with Crippen molar-refractivity contribution in [1.82, 2.24) is 5.32 Å². The zero-order chi connectivity index (χ0) is 17.2. The third kappa shape index (κ3) is 7.04. The predicted molar refractivity (Wildman–Crippen MR) is 90.1 cm³/mol. The summed E-state index contributed by atoms with van der Waals surface area (Å²) in [6.07, 6.45) is 0. The summed E-state index contributed by atoms with van der Waals surface area (Å²) in [7, 11) is 0. The summed E-state index contributed by atoms with van der Waals surface area (Å²) in [5.41, 5.74) is 0. The maximum atomic E-state index is 12.0. The molecule has 0 radical (unpaired) electrons. The number of hydrogen-bond acceptors (Lipinski definition) is 6. The van der Waals surface area contributed by atoms with Crippen LogP contribution in [0.5, 0.6) is 0 Å². The van der Waals surface area contributed by atoms with Crippen LogP contribution in [0.15, 0.2) is 33.6 Å². The molecule has 0 aliphatic carbocycles. The van der Waals surface area contributed by atoms with E-state index in [4.69, 9.17) is 9.47 Å². The zero-order valence-corrected chi connectivity index (χ0v) is 15.2. The fraction of sp³-hybridized carbons (Fsp3) is 0.400. The van der Waals surface area contributed by atoms with E-state index in [9.17, 15) is 14.4 Å². The highest BCUT2D eigenvalue weighted by molar-refractivity contribution is 9.10. The van der Waals surface area contributed by atoms with Crippen LogP contribution in [0.3, 0.4) is 0 Å². The third-order valence-corrected chi connectivity index (χ3v) is 4.07. The van der Waals surface area contributed by atoms with Gasteiger partial charge in [0.25, 0.3) is 0 Å². The Labute approximate surface area is 147 Å². The molecule has 0 atom stereocenters. The van der Waals surface area contributed by atoms with Gasteiger partial charge in [-0.25, -0.2) is 9.59 Å². The van der Waals surface area contributed by atoms with E-state index in [2.05, 4.69) is 21.2 Å². The van der Waals surface area contributed by atoms with E-state index in [0.29, 0.717) is 0 Å². The minimum atomic E-state index is -1.44. The molecule has 0 heterocycles. The molecule has 1 amide bonds. The maximum absolute atomic E-state index is 12.0. The van der Waals surface area contributed by atoms with Crippen molar-refractivity contribution in [3.63, 3.8) is 0 Å². The summed E-state index contributed by atoms with van der Waals surface area (Å²) in [6, 6.07) is 6.00. The van der Waals surface area contributed by atoms with Crippen molar-refractivity contribution in [2.75, 3.05) is 19.0 Å². The lowest BCUT2D eigenvalue weighted by molar-refractivity contribution is -0.159. The molecule has 0 aliphatic rings. The lowest BCUT2D eigenvalue weighted by atomic mass is 10.3. The Balaban J connectivity index is 2.59. The van der Waals surface area contributed by atoms with Crippen LogP contribution in [0, 0.1) is 0 Å². The van der Waals surface area contributed by atoms with Crippen LogP contribution in [0.1, 0.15) is 13.8 Å². The monoisotopic (exact) mass is 403 g/mol. The van der Waals surface area contributed by atoms with Crippen LogP contribution in [0.25, 0.3) is 0 Å². The van der Waals surface area contributed by atoms with E-state index in [-0.39, 0.29) is 19.0 Å². The molecule has 0 spiro atoms. The van der Waals surface area contributed by atoms with Gasteiger partial charge >= 0.3 is 11.9 Å². The molecular weight excluding hydrogens is 386 g/mol. The molecule has 0 unspecified atom stereocenters. The quantitative estimate of drug-likeness (QED) is 0.406. The van der Waals surface area contributed by atoms with Crippen molar-refractivity contribution >= 4 is 45.5 Å². The van der Waals surface area contributed by atoms with Crippen molar-refractivity contribution in [1.29, 1.82) is 0 Å². The molecule has 0 aliphatic heterocycles. The van der Waals surface area contributed by atoms with Gasteiger partial charge in [-0.1, -0.05) is 15.9 Å². The third-order valence-electron chi connectivity index (χ3n) is 2.53. The molecule has 0 bridgehead atoms. The minimum absolute atomic E-state index is 0.0664. The Morgan fingerprint density at radius 3 is 2.09 bits per heavy atom. The largest absolute Gasteiger partial charge is 0.464 e. The molecule has 1 rings (SSSR count).